The van der Waals surface area contributed by atoms with Crippen LogP contribution in [0.5, 0.6) is 0 Å². The van der Waals surface area contributed by atoms with Gasteiger partial charge in [0.2, 0.25) is 0 Å². The van der Waals surface area contributed by atoms with Crippen LogP contribution in [0.15, 0.2) is 24.5 Å². The number of aromatic amines is 1. The molecule has 0 radical (unpaired) electrons. The van der Waals surface area contributed by atoms with E-state index in [4.69, 9.17) is 5.73 Å². The monoisotopic (exact) mass is 204 g/mol. The molecule has 6 nitrogen and oxygen atoms in total. The summed E-state index contributed by atoms with van der Waals surface area (Å²) in [5.74, 6) is 2.09. The molecule has 0 saturated carbocycles. The fraction of sp³-hybridized carbons (Fsp3) is 0.222. The third-order valence-corrected chi connectivity index (χ3v) is 1.91. The van der Waals surface area contributed by atoms with Crippen molar-refractivity contribution in [2.24, 2.45) is 0 Å². The summed E-state index contributed by atoms with van der Waals surface area (Å²) in [6, 6.07) is 3.51. The lowest BCUT2D eigenvalue weighted by Gasteiger charge is -2.02. The number of nitrogens with two attached hydrogens (primary N) is 1. The average molecular weight is 204 g/mol. The maximum Gasteiger partial charge on any atom is 0.148 e. The van der Waals surface area contributed by atoms with Gasteiger partial charge >= 0.3 is 0 Å². The fourth-order valence-electron chi connectivity index (χ4n) is 1.18. The first-order chi connectivity index (χ1) is 7.34. The van der Waals surface area contributed by atoms with Crippen LogP contribution < -0.4 is 11.1 Å². The zero-order chi connectivity index (χ0) is 10.5. The number of H-pyrrole nitrogens is 1. The van der Waals surface area contributed by atoms with Crippen molar-refractivity contribution >= 4 is 11.6 Å². The van der Waals surface area contributed by atoms with E-state index in [9.17, 15) is 0 Å². The van der Waals surface area contributed by atoms with Gasteiger partial charge < -0.3 is 16.0 Å². The Morgan fingerprint density at radius 3 is 2.93 bits per heavy atom. The van der Waals surface area contributed by atoms with Gasteiger partial charge in [-0.3, -0.25) is 0 Å². The van der Waals surface area contributed by atoms with Crippen LogP contribution in [-0.4, -0.2) is 26.7 Å². The van der Waals surface area contributed by atoms with Gasteiger partial charge in [0.25, 0.3) is 0 Å². The number of anilines is 2. The number of hydrogen-bond acceptors (Lipinski definition) is 5. The molecule has 2 rings (SSSR count). The van der Waals surface area contributed by atoms with Crippen LogP contribution in [0.2, 0.25) is 0 Å². The summed E-state index contributed by atoms with van der Waals surface area (Å²) in [6.07, 6.45) is 4.36. The molecule has 0 aliphatic heterocycles. The molecule has 0 fully saturated rings. The van der Waals surface area contributed by atoms with E-state index in [1.165, 1.54) is 0 Å². The molecule has 0 unspecified atom stereocenters. The van der Waals surface area contributed by atoms with Crippen LogP contribution in [0.25, 0.3) is 0 Å². The van der Waals surface area contributed by atoms with Gasteiger partial charge in [-0.2, -0.15) is 0 Å². The van der Waals surface area contributed by atoms with Crippen LogP contribution >= 0.6 is 0 Å². The van der Waals surface area contributed by atoms with Gasteiger partial charge in [-0.25, -0.2) is 4.98 Å². The summed E-state index contributed by atoms with van der Waals surface area (Å²) in [4.78, 5) is 7.14. The van der Waals surface area contributed by atoms with E-state index >= 15 is 0 Å². The van der Waals surface area contributed by atoms with Gasteiger partial charge in [-0.15, -0.1) is 10.2 Å². The highest BCUT2D eigenvalue weighted by molar-refractivity contribution is 5.38. The molecular formula is C9H12N6. The predicted octanol–water partition coefficient (Wildman–Crippen LogP) is 0.436. The number of nitrogens with one attached hydrogen (secondary N) is 2. The van der Waals surface area contributed by atoms with Gasteiger partial charge in [0, 0.05) is 25.4 Å². The zero-order valence-corrected chi connectivity index (χ0v) is 8.14. The van der Waals surface area contributed by atoms with Crippen LogP contribution in [-0.2, 0) is 6.42 Å². The van der Waals surface area contributed by atoms with Gasteiger partial charge in [0.1, 0.15) is 17.5 Å². The first kappa shape index (κ1) is 9.45. The number of imidazole rings is 1. The lowest BCUT2D eigenvalue weighted by molar-refractivity contribution is 0.911. The third kappa shape index (κ3) is 2.67. The van der Waals surface area contributed by atoms with E-state index < -0.39 is 0 Å². The number of aromatic nitrogens is 4. The Morgan fingerprint density at radius 1 is 1.33 bits per heavy atom. The van der Waals surface area contributed by atoms with E-state index in [-0.39, 0.29) is 0 Å². The van der Waals surface area contributed by atoms with E-state index in [0.717, 1.165) is 24.6 Å². The van der Waals surface area contributed by atoms with Crippen molar-refractivity contribution < 1.29 is 0 Å². The third-order valence-electron chi connectivity index (χ3n) is 1.91. The van der Waals surface area contributed by atoms with Crippen molar-refractivity contribution in [1.82, 2.24) is 20.2 Å². The molecule has 2 aromatic heterocycles. The minimum absolute atomic E-state index is 0.423. The second-order valence-corrected chi connectivity index (χ2v) is 3.06. The van der Waals surface area contributed by atoms with Crippen molar-refractivity contribution in [3.05, 3.63) is 30.4 Å². The lowest BCUT2D eigenvalue weighted by atomic mass is 10.4. The van der Waals surface area contributed by atoms with Gasteiger partial charge in [-0.05, 0) is 12.1 Å². The van der Waals surface area contributed by atoms with Gasteiger partial charge in [0.05, 0.1) is 0 Å². The van der Waals surface area contributed by atoms with Crippen molar-refractivity contribution in [2.75, 3.05) is 17.6 Å². The second kappa shape index (κ2) is 4.41. The maximum absolute atomic E-state index is 5.42. The highest BCUT2D eigenvalue weighted by Crippen LogP contribution is 2.02. The normalized spacial score (nSPS) is 10.1. The van der Waals surface area contributed by atoms with E-state index in [0.29, 0.717) is 5.82 Å². The van der Waals surface area contributed by atoms with Crippen LogP contribution in [0.1, 0.15) is 5.82 Å². The molecule has 0 spiro atoms. The summed E-state index contributed by atoms with van der Waals surface area (Å²) in [6.45, 7) is 0.756. The van der Waals surface area contributed by atoms with Crippen LogP contribution in [0.3, 0.4) is 0 Å². The molecule has 6 heteroatoms. The molecule has 15 heavy (non-hydrogen) atoms. The Labute approximate surface area is 86.9 Å². The molecule has 4 N–H and O–H groups in total. The molecule has 0 amide bonds. The molecule has 2 heterocycles. The molecule has 2 aromatic rings. The molecule has 0 aliphatic carbocycles. The number of hydrogen-bond donors (Lipinski definition) is 3. The Kier molecular flexibility index (Phi) is 2.77. The Hall–Kier alpha value is -2.11. The fourth-order valence-corrected chi connectivity index (χ4v) is 1.18. The topological polar surface area (TPSA) is 92.5 Å². The number of nitrogen functional groups attached to an aromatic ring is 1. The number of rotatable bonds is 4. The molecule has 0 aliphatic rings. The minimum atomic E-state index is 0.423. The van der Waals surface area contributed by atoms with Gasteiger partial charge in [0.15, 0.2) is 0 Å². The standard InChI is InChI=1S/C9H12N6/c10-7-1-2-9(15-14-7)11-4-3-8-12-5-6-13-8/h1-2,5-6H,3-4H2,(H2,10,14)(H,11,15)(H,12,13). The smallest absolute Gasteiger partial charge is 0.148 e. The Bertz CT molecular complexity index is 393. The number of nitrogens with zero attached hydrogens (tertiary/aromatic N) is 3. The molecule has 0 atom stereocenters. The molecule has 78 valence electrons. The average Bonchev–Trinajstić information content (AvgIpc) is 2.74. The largest absolute Gasteiger partial charge is 0.382 e. The second-order valence-electron chi connectivity index (χ2n) is 3.06. The van der Waals surface area contributed by atoms with Crippen molar-refractivity contribution in [1.29, 1.82) is 0 Å². The zero-order valence-electron chi connectivity index (χ0n) is 8.14. The van der Waals surface area contributed by atoms with E-state index in [1.54, 1.807) is 24.5 Å². The first-order valence-corrected chi connectivity index (χ1v) is 4.66. The summed E-state index contributed by atoms with van der Waals surface area (Å²) in [5.41, 5.74) is 5.42. The predicted molar refractivity (Wildman–Crippen MR) is 57.2 cm³/mol. The quantitative estimate of drug-likeness (QED) is 0.671. The van der Waals surface area contributed by atoms with Crippen molar-refractivity contribution in [2.45, 2.75) is 6.42 Å². The SMILES string of the molecule is Nc1ccc(NCCc2ncc[nH]2)nn1. The Balaban J connectivity index is 1.81. The highest BCUT2D eigenvalue weighted by Gasteiger charge is 1.96. The van der Waals surface area contributed by atoms with Crippen molar-refractivity contribution in [3.63, 3.8) is 0 Å². The van der Waals surface area contributed by atoms with Crippen LogP contribution in [0, 0.1) is 0 Å². The molecule has 0 saturated heterocycles. The van der Waals surface area contributed by atoms with Crippen molar-refractivity contribution in [3.8, 4) is 0 Å². The minimum Gasteiger partial charge on any atom is -0.382 e. The molecule has 0 bridgehead atoms. The summed E-state index contributed by atoms with van der Waals surface area (Å²) in [5, 5.41) is 10.7. The van der Waals surface area contributed by atoms with E-state index in [1.807, 2.05) is 0 Å². The summed E-state index contributed by atoms with van der Waals surface area (Å²) in [7, 11) is 0. The highest BCUT2D eigenvalue weighted by atomic mass is 15.2. The summed E-state index contributed by atoms with van der Waals surface area (Å²) < 4.78 is 0. The molecular weight excluding hydrogens is 192 g/mol. The first-order valence-electron chi connectivity index (χ1n) is 4.66. The van der Waals surface area contributed by atoms with Crippen LogP contribution in [0.4, 0.5) is 11.6 Å². The maximum atomic E-state index is 5.42. The Morgan fingerprint density at radius 2 is 2.27 bits per heavy atom. The summed E-state index contributed by atoms with van der Waals surface area (Å²) >= 11 is 0. The molecule has 0 aromatic carbocycles. The van der Waals surface area contributed by atoms with Gasteiger partial charge in [-0.1, -0.05) is 0 Å². The lowest BCUT2D eigenvalue weighted by Crippen LogP contribution is -2.08. The van der Waals surface area contributed by atoms with E-state index in [2.05, 4.69) is 25.5 Å².